The van der Waals surface area contributed by atoms with Gasteiger partial charge in [-0.05, 0) is 31.9 Å². The molecule has 0 radical (unpaired) electrons. The molecule has 2 rings (SSSR count). The molecule has 1 aromatic rings. The summed E-state index contributed by atoms with van der Waals surface area (Å²) in [6, 6.07) is 3.92. The van der Waals surface area contributed by atoms with E-state index in [1.165, 1.54) is 12.8 Å². The standard InChI is InChI=1S/C11H16N2O/c1-12-7-10-6-11(4-5-13-10)14-8-9-2-3-9/h4-6,9,12H,2-3,7-8H2,1H3. The van der Waals surface area contributed by atoms with Crippen molar-refractivity contribution < 1.29 is 4.74 Å². The minimum Gasteiger partial charge on any atom is -0.493 e. The molecule has 0 unspecified atom stereocenters. The quantitative estimate of drug-likeness (QED) is 0.769. The summed E-state index contributed by atoms with van der Waals surface area (Å²) in [5.74, 6) is 1.74. The third-order valence-corrected chi connectivity index (χ3v) is 2.33. The fourth-order valence-corrected chi connectivity index (χ4v) is 1.32. The second-order valence-corrected chi connectivity index (χ2v) is 3.77. The maximum absolute atomic E-state index is 5.65. The van der Waals surface area contributed by atoms with Crippen molar-refractivity contribution in [3.05, 3.63) is 24.0 Å². The third-order valence-electron chi connectivity index (χ3n) is 2.33. The van der Waals surface area contributed by atoms with E-state index >= 15 is 0 Å². The lowest BCUT2D eigenvalue weighted by atomic mass is 10.3. The highest BCUT2D eigenvalue weighted by Gasteiger charge is 2.21. The second-order valence-electron chi connectivity index (χ2n) is 3.77. The lowest BCUT2D eigenvalue weighted by Crippen LogP contribution is -2.07. The molecular weight excluding hydrogens is 176 g/mol. The molecule has 0 amide bonds. The minimum absolute atomic E-state index is 0.792. The van der Waals surface area contributed by atoms with E-state index in [0.717, 1.165) is 30.5 Å². The number of nitrogens with one attached hydrogen (secondary N) is 1. The van der Waals surface area contributed by atoms with Crippen LogP contribution in [0.3, 0.4) is 0 Å². The van der Waals surface area contributed by atoms with Crippen LogP contribution in [0, 0.1) is 5.92 Å². The molecule has 0 atom stereocenters. The van der Waals surface area contributed by atoms with Crippen molar-refractivity contribution in [2.75, 3.05) is 13.7 Å². The van der Waals surface area contributed by atoms with Gasteiger partial charge in [0.25, 0.3) is 0 Å². The van der Waals surface area contributed by atoms with Crippen molar-refractivity contribution in [3.8, 4) is 5.75 Å². The Balaban J connectivity index is 1.90. The van der Waals surface area contributed by atoms with Gasteiger partial charge in [-0.3, -0.25) is 4.98 Å². The lowest BCUT2D eigenvalue weighted by molar-refractivity contribution is 0.299. The Morgan fingerprint density at radius 3 is 3.14 bits per heavy atom. The summed E-state index contributed by atoms with van der Waals surface area (Å²) < 4.78 is 5.65. The van der Waals surface area contributed by atoms with Crippen molar-refractivity contribution >= 4 is 0 Å². The summed E-state index contributed by atoms with van der Waals surface area (Å²) in [7, 11) is 1.92. The van der Waals surface area contributed by atoms with Crippen LogP contribution >= 0.6 is 0 Å². The molecule has 0 saturated heterocycles. The van der Waals surface area contributed by atoms with Crippen LogP contribution in [0.1, 0.15) is 18.5 Å². The third kappa shape index (κ3) is 2.70. The van der Waals surface area contributed by atoms with Gasteiger partial charge in [-0.1, -0.05) is 0 Å². The van der Waals surface area contributed by atoms with Gasteiger partial charge in [0.15, 0.2) is 0 Å². The molecule has 1 N–H and O–H groups in total. The fourth-order valence-electron chi connectivity index (χ4n) is 1.32. The first kappa shape index (κ1) is 9.46. The van der Waals surface area contributed by atoms with E-state index in [1.807, 2.05) is 19.2 Å². The van der Waals surface area contributed by atoms with Gasteiger partial charge in [-0.2, -0.15) is 0 Å². The van der Waals surface area contributed by atoms with Crippen molar-refractivity contribution in [1.82, 2.24) is 10.3 Å². The SMILES string of the molecule is CNCc1cc(OCC2CC2)ccn1. The first-order valence-electron chi connectivity index (χ1n) is 5.11. The monoisotopic (exact) mass is 192 g/mol. The molecule has 0 aliphatic heterocycles. The van der Waals surface area contributed by atoms with Gasteiger partial charge in [-0.25, -0.2) is 0 Å². The summed E-state index contributed by atoms with van der Waals surface area (Å²) in [6.45, 7) is 1.66. The first-order valence-corrected chi connectivity index (χ1v) is 5.11. The number of pyridine rings is 1. The van der Waals surface area contributed by atoms with Crippen molar-refractivity contribution in [3.63, 3.8) is 0 Å². The topological polar surface area (TPSA) is 34.1 Å². The molecule has 3 nitrogen and oxygen atoms in total. The Kier molecular flexibility index (Phi) is 2.99. The average Bonchev–Trinajstić information content (AvgIpc) is 2.99. The smallest absolute Gasteiger partial charge is 0.122 e. The van der Waals surface area contributed by atoms with Crippen molar-refractivity contribution in [2.24, 2.45) is 5.92 Å². The number of ether oxygens (including phenoxy) is 1. The van der Waals surface area contributed by atoms with E-state index in [2.05, 4.69) is 10.3 Å². The van der Waals surface area contributed by atoms with Crippen LogP contribution in [-0.4, -0.2) is 18.6 Å². The van der Waals surface area contributed by atoms with Crippen LogP contribution in [0.2, 0.25) is 0 Å². The van der Waals surface area contributed by atoms with Gasteiger partial charge in [0.05, 0.1) is 12.3 Å². The number of rotatable bonds is 5. The van der Waals surface area contributed by atoms with Gasteiger partial charge in [0.2, 0.25) is 0 Å². The number of hydrogen-bond acceptors (Lipinski definition) is 3. The van der Waals surface area contributed by atoms with E-state index in [4.69, 9.17) is 4.74 Å². The molecule has 1 saturated carbocycles. The molecule has 76 valence electrons. The van der Waals surface area contributed by atoms with E-state index in [9.17, 15) is 0 Å². The van der Waals surface area contributed by atoms with Crippen LogP contribution in [0.4, 0.5) is 0 Å². The van der Waals surface area contributed by atoms with Gasteiger partial charge in [-0.15, -0.1) is 0 Å². The van der Waals surface area contributed by atoms with Gasteiger partial charge in [0, 0.05) is 18.8 Å². The van der Waals surface area contributed by atoms with Crippen molar-refractivity contribution in [1.29, 1.82) is 0 Å². The highest BCUT2D eigenvalue weighted by molar-refractivity contribution is 5.22. The van der Waals surface area contributed by atoms with Crippen LogP contribution in [0.25, 0.3) is 0 Å². The second kappa shape index (κ2) is 4.42. The summed E-state index contributed by atoms with van der Waals surface area (Å²) in [5, 5.41) is 3.07. The first-order chi connectivity index (χ1) is 6.88. The largest absolute Gasteiger partial charge is 0.493 e. The zero-order valence-corrected chi connectivity index (χ0v) is 8.49. The molecule has 0 bridgehead atoms. The molecule has 1 aliphatic rings. The fraction of sp³-hybridized carbons (Fsp3) is 0.545. The maximum atomic E-state index is 5.65. The van der Waals surface area contributed by atoms with Gasteiger partial charge in [0.1, 0.15) is 5.75 Å². The zero-order valence-electron chi connectivity index (χ0n) is 8.49. The van der Waals surface area contributed by atoms with Crippen LogP contribution in [0.15, 0.2) is 18.3 Å². The zero-order chi connectivity index (χ0) is 9.80. The summed E-state index contributed by atoms with van der Waals surface area (Å²) in [5.41, 5.74) is 1.03. The van der Waals surface area contributed by atoms with Crippen LogP contribution in [0.5, 0.6) is 5.75 Å². The lowest BCUT2D eigenvalue weighted by Gasteiger charge is -2.06. The highest BCUT2D eigenvalue weighted by atomic mass is 16.5. The number of aromatic nitrogens is 1. The van der Waals surface area contributed by atoms with E-state index in [1.54, 1.807) is 6.20 Å². The Hall–Kier alpha value is -1.09. The summed E-state index contributed by atoms with van der Waals surface area (Å²) >= 11 is 0. The minimum atomic E-state index is 0.792. The molecule has 3 heteroatoms. The predicted octanol–water partition coefficient (Wildman–Crippen LogP) is 1.59. The molecule has 1 aliphatic carbocycles. The van der Waals surface area contributed by atoms with E-state index in [0.29, 0.717) is 0 Å². The molecule has 0 aromatic carbocycles. The molecule has 0 spiro atoms. The molecule has 1 fully saturated rings. The highest BCUT2D eigenvalue weighted by Crippen LogP contribution is 2.29. The molecular formula is C11H16N2O. The van der Waals surface area contributed by atoms with Crippen LogP contribution < -0.4 is 10.1 Å². The Morgan fingerprint density at radius 1 is 1.57 bits per heavy atom. The Labute approximate surface area is 84.5 Å². The summed E-state index contributed by atoms with van der Waals surface area (Å²) in [6.07, 6.45) is 4.46. The van der Waals surface area contributed by atoms with Gasteiger partial charge < -0.3 is 10.1 Å². The van der Waals surface area contributed by atoms with Gasteiger partial charge >= 0.3 is 0 Å². The normalized spacial score (nSPS) is 15.5. The Morgan fingerprint density at radius 2 is 2.43 bits per heavy atom. The number of hydrogen-bond donors (Lipinski definition) is 1. The van der Waals surface area contributed by atoms with Crippen LogP contribution in [-0.2, 0) is 6.54 Å². The average molecular weight is 192 g/mol. The molecule has 1 aromatic heterocycles. The van der Waals surface area contributed by atoms with E-state index < -0.39 is 0 Å². The van der Waals surface area contributed by atoms with Crippen molar-refractivity contribution in [2.45, 2.75) is 19.4 Å². The molecule has 1 heterocycles. The van der Waals surface area contributed by atoms with E-state index in [-0.39, 0.29) is 0 Å². The number of nitrogens with zero attached hydrogens (tertiary/aromatic N) is 1. The molecule has 14 heavy (non-hydrogen) atoms. The predicted molar refractivity (Wildman–Crippen MR) is 55.2 cm³/mol. The maximum Gasteiger partial charge on any atom is 0.122 e. The Bertz CT molecular complexity index is 297. The summed E-state index contributed by atoms with van der Waals surface area (Å²) in [4.78, 5) is 4.23.